The normalized spacial score (nSPS) is 12.9. The number of nitrogens with zero attached hydrogens (tertiary/aromatic N) is 1. The molecule has 0 aromatic carbocycles. The fraction of sp³-hybridized carbons (Fsp3) is 0.500. The largest absolute Gasteiger partial charge is 0.444 e. The van der Waals surface area contributed by atoms with Gasteiger partial charge >= 0.3 is 6.43 Å². The van der Waals surface area contributed by atoms with Crippen molar-refractivity contribution in [2.24, 2.45) is 0 Å². The van der Waals surface area contributed by atoms with Crippen molar-refractivity contribution in [1.82, 2.24) is 10.3 Å². The fourth-order valence-electron chi connectivity index (χ4n) is 0.910. The van der Waals surface area contributed by atoms with E-state index in [1.165, 1.54) is 13.1 Å². The molecule has 0 aliphatic rings. The molecule has 0 spiro atoms. The van der Waals surface area contributed by atoms with E-state index in [-0.39, 0.29) is 5.89 Å². The Hall–Kier alpha value is -1.46. The summed E-state index contributed by atoms with van der Waals surface area (Å²) in [4.78, 5) is 14.4. The Morgan fingerprint density at radius 1 is 1.64 bits per heavy atom. The number of carbonyl (C=O) groups is 1. The predicted octanol–water partition coefficient (Wildman–Crippen LogP) is 1.43. The third-order valence-electron chi connectivity index (χ3n) is 1.57. The van der Waals surface area contributed by atoms with Crippen molar-refractivity contribution in [2.75, 3.05) is 0 Å². The van der Waals surface area contributed by atoms with Crippen molar-refractivity contribution >= 4 is 5.91 Å². The third kappa shape index (κ3) is 2.51. The van der Waals surface area contributed by atoms with E-state index >= 15 is 0 Å². The summed E-state index contributed by atoms with van der Waals surface area (Å²) < 4.78 is 28.7. The molecular weight excluding hydrogens is 194 g/mol. The van der Waals surface area contributed by atoms with Gasteiger partial charge in [0.1, 0.15) is 11.8 Å². The lowest BCUT2D eigenvalue weighted by Gasteiger charge is -2.09. The Bertz CT molecular complexity index is 325. The van der Waals surface area contributed by atoms with Crippen molar-refractivity contribution < 1.29 is 18.0 Å². The van der Waals surface area contributed by atoms with Gasteiger partial charge in [-0.3, -0.25) is 4.79 Å². The molecule has 1 unspecified atom stereocenters. The molecule has 1 N–H and O–H groups in total. The Morgan fingerprint density at radius 2 is 2.29 bits per heavy atom. The van der Waals surface area contributed by atoms with Crippen molar-refractivity contribution in [1.29, 1.82) is 0 Å². The van der Waals surface area contributed by atoms with E-state index in [4.69, 9.17) is 4.42 Å². The van der Waals surface area contributed by atoms with E-state index in [9.17, 15) is 13.6 Å². The minimum atomic E-state index is -3.02. The van der Waals surface area contributed by atoms with E-state index in [2.05, 4.69) is 10.3 Å². The van der Waals surface area contributed by atoms with E-state index < -0.39 is 18.4 Å². The highest BCUT2D eigenvalue weighted by Crippen LogP contribution is 2.12. The van der Waals surface area contributed by atoms with Crippen LogP contribution in [0.2, 0.25) is 0 Å². The number of nitrogens with one attached hydrogen (secondary N) is 1. The Morgan fingerprint density at radius 3 is 2.71 bits per heavy atom. The first-order valence-corrected chi connectivity index (χ1v) is 4.01. The predicted molar refractivity (Wildman–Crippen MR) is 43.8 cm³/mol. The van der Waals surface area contributed by atoms with E-state index in [1.807, 2.05) is 0 Å². The zero-order chi connectivity index (χ0) is 10.7. The summed E-state index contributed by atoms with van der Waals surface area (Å²) in [6.07, 6.45) is -1.56. The standard InChI is InChI=1S/C8H10F2N2O2/c1-4-3-11-8(14-4)5(2)12-7(13)6(9)10/h3,5-6H,1-2H3,(H,12,13). The molecule has 1 atom stereocenters. The molecule has 0 bridgehead atoms. The van der Waals surface area contributed by atoms with Gasteiger partial charge in [0.05, 0.1) is 6.20 Å². The first-order valence-electron chi connectivity index (χ1n) is 4.01. The number of rotatable bonds is 3. The van der Waals surface area contributed by atoms with Crippen LogP contribution in [0.15, 0.2) is 10.6 Å². The monoisotopic (exact) mass is 204 g/mol. The number of aryl methyl sites for hydroxylation is 1. The molecule has 6 heteroatoms. The number of hydrogen-bond acceptors (Lipinski definition) is 3. The van der Waals surface area contributed by atoms with Gasteiger partial charge in [0.15, 0.2) is 0 Å². The SMILES string of the molecule is Cc1cnc(C(C)NC(=O)C(F)F)o1. The van der Waals surface area contributed by atoms with Crippen LogP contribution in [0.25, 0.3) is 0 Å². The number of alkyl halides is 2. The quantitative estimate of drug-likeness (QED) is 0.810. The number of carbonyl (C=O) groups excluding carboxylic acids is 1. The first kappa shape index (κ1) is 10.6. The molecule has 1 amide bonds. The van der Waals surface area contributed by atoms with Crippen LogP contribution in [-0.2, 0) is 4.79 Å². The Kier molecular flexibility index (Phi) is 3.16. The van der Waals surface area contributed by atoms with Crippen LogP contribution in [0.4, 0.5) is 8.78 Å². The maximum absolute atomic E-state index is 11.8. The van der Waals surface area contributed by atoms with Gasteiger partial charge in [-0.1, -0.05) is 0 Å². The lowest BCUT2D eigenvalue weighted by atomic mass is 10.3. The molecular formula is C8H10F2N2O2. The van der Waals surface area contributed by atoms with Crippen LogP contribution in [-0.4, -0.2) is 17.3 Å². The van der Waals surface area contributed by atoms with Gasteiger partial charge < -0.3 is 9.73 Å². The van der Waals surface area contributed by atoms with Gasteiger partial charge in [-0.2, -0.15) is 8.78 Å². The van der Waals surface area contributed by atoms with E-state index in [1.54, 1.807) is 6.92 Å². The number of hydrogen-bond donors (Lipinski definition) is 1. The highest BCUT2D eigenvalue weighted by atomic mass is 19.3. The van der Waals surface area contributed by atoms with Crippen LogP contribution in [0.5, 0.6) is 0 Å². The van der Waals surface area contributed by atoms with Crippen molar-refractivity contribution in [2.45, 2.75) is 26.3 Å². The van der Waals surface area contributed by atoms with Crippen LogP contribution < -0.4 is 5.32 Å². The molecule has 0 saturated carbocycles. The smallest absolute Gasteiger partial charge is 0.315 e. The molecule has 1 heterocycles. The van der Waals surface area contributed by atoms with Crippen molar-refractivity contribution in [3.63, 3.8) is 0 Å². The average molecular weight is 204 g/mol. The summed E-state index contributed by atoms with van der Waals surface area (Å²) >= 11 is 0. The first-order chi connectivity index (χ1) is 6.50. The second-order valence-corrected chi connectivity index (χ2v) is 2.84. The van der Waals surface area contributed by atoms with Gasteiger partial charge in [-0.25, -0.2) is 4.98 Å². The zero-order valence-electron chi connectivity index (χ0n) is 7.75. The molecule has 0 fully saturated rings. The second-order valence-electron chi connectivity index (χ2n) is 2.84. The van der Waals surface area contributed by atoms with Gasteiger partial charge in [-0.05, 0) is 13.8 Å². The highest BCUT2D eigenvalue weighted by molar-refractivity contribution is 5.79. The molecule has 1 aromatic heterocycles. The van der Waals surface area contributed by atoms with Gasteiger partial charge in [0.25, 0.3) is 5.91 Å². The molecule has 0 radical (unpaired) electrons. The maximum atomic E-state index is 11.8. The summed E-state index contributed by atoms with van der Waals surface area (Å²) in [7, 11) is 0. The summed E-state index contributed by atoms with van der Waals surface area (Å²) in [5.74, 6) is -0.539. The minimum Gasteiger partial charge on any atom is -0.444 e. The average Bonchev–Trinajstić information content (AvgIpc) is 2.51. The highest BCUT2D eigenvalue weighted by Gasteiger charge is 2.20. The van der Waals surface area contributed by atoms with Crippen molar-refractivity contribution in [3.05, 3.63) is 17.8 Å². The summed E-state index contributed by atoms with van der Waals surface area (Å²) in [6, 6.07) is -0.648. The molecule has 1 rings (SSSR count). The summed E-state index contributed by atoms with van der Waals surface area (Å²) in [6.45, 7) is 3.20. The Labute approximate surface area is 79.3 Å². The van der Waals surface area contributed by atoms with Crippen LogP contribution in [0.3, 0.4) is 0 Å². The van der Waals surface area contributed by atoms with Gasteiger partial charge in [0, 0.05) is 0 Å². The molecule has 4 nitrogen and oxygen atoms in total. The fourth-order valence-corrected chi connectivity index (χ4v) is 0.910. The summed E-state index contributed by atoms with van der Waals surface area (Å²) in [5.41, 5.74) is 0. The molecule has 78 valence electrons. The molecule has 1 aromatic rings. The summed E-state index contributed by atoms with van der Waals surface area (Å²) in [5, 5.41) is 2.06. The molecule has 14 heavy (non-hydrogen) atoms. The topological polar surface area (TPSA) is 55.1 Å². The van der Waals surface area contributed by atoms with Crippen LogP contribution >= 0.6 is 0 Å². The van der Waals surface area contributed by atoms with Crippen molar-refractivity contribution in [3.8, 4) is 0 Å². The lowest BCUT2D eigenvalue weighted by molar-refractivity contribution is -0.132. The molecule has 0 aliphatic carbocycles. The number of oxazole rings is 1. The molecule has 0 saturated heterocycles. The number of halogens is 2. The van der Waals surface area contributed by atoms with Crippen LogP contribution in [0, 0.1) is 6.92 Å². The number of amides is 1. The number of aromatic nitrogens is 1. The minimum absolute atomic E-state index is 0.219. The van der Waals surface area contributed by atoms with E-state index in [0.29, 0.717) is 5.76 Å². The van der Waals surface area contributed by atoms with E-state index in [0.717, 1.165) is 0 Å². The maximum Gasteiger partial charge on any atom is 0.315 e. The van der Waals surface area contributed by atoms with Crippen LogP contribution in [0.1, 0.15) is 24.6 Å². The molecule has 0 aliphatic heterocycles. The third-order valence-corrected chi connectivity index (χ3v) is 1.57. The Balaban J connectivity index is 2.59. The second kappa shape index (κ2) is 4.17. The lowest BCUT2D eigenvalue weighted by Crippen LogP contribution is -2.31. The van der Waals surface area contributed by atoms with Gasteiger partial charge in [0.2, 0.25) is 5.89 Å². The van der Waals surface area contributed by atoms with Gasteiger partial charge in [-0.15, -0.1) is 0 Å². The zero-order valence-corrected chi connectivity index (χ0v) is 7.75.